The molecule has 1 aromatic carbocycles. The zero-order valence-corrected chi connectivity index (χ0v) is 13.1. The van der Waals surface area contributed by atoms with Gasteiger partial charge in [-0.15, -0.1) is 0 Å². The van der Waals surface area contributed by atoms with E-state index in [2.05, 4.69) is 5.32 Å². The van der Waals surface area contributed by atoms with Crippen molar-refractivity contribution in [3.05, 3.63) is 63.1 Å². The second-order valence-electron chi connectivity index (χ2n) is 5.68. The lowest BCUT2D eigenvalue weighted by molar-refractivity contribution is -0.384. The van der Waals surface area contributed by atoms with E-state index in [-0.39, 0.29) is 17.8 Å². The van der Waals surface area contributed by atoms with Crippen LogP contribution >= 0.6 is 0 Å². The van der Waals surface area contributed by atoms with Crippen LogP contribution < -0.4 is 5.32 Å². The summed E-state index contributed by atoms with van der Waals surface area (Å²) in [5.74, 6) is 0.492. The number of nitro groups is 1. The molecular weight excluding hydrogens is 300 g/mol. The van der Waals surface area contributed by atoms with Crippen LogP contribution in [0, 0.1) is 24.0 Å². The van der Waals surface area contributed by atoms with Gasteiger partial charge in [-0.1, -0.05) is 0 Å². The van der Waals surface area contributed by atoms with Crippen LogP contribution in [0.4, 0.5) is 5.69 Å². The Labute approximate surface area is 133 Å². The van der Waals surface area contributed by atoms with Crippen LogP contribution in [0.2, 0.25) is 0 Å². The summed E-state index contributed by atoms with van der Waals surface area (Å²) < 4.78 is 5.37. The van der Waals surface area contributed by atoms with Crippen molar-refractivity contribution in [2.24, 2.45) is 0 Å². The lowest BCUT2D eigenvalue weighted by Gasteiger charge is -2.21. The molecule has 2 aromatic rings. The lowest BCUT2D eigenvalue weighted by Crippen LogP contribution is -2.38. The van der Waals surface area contributed by atoms with E-state index in [0.717, 1.165) is 0 Å². The number of carbonyl (C=O) groups excluding carboxylic acids is 1. The maximum Gasteiger partial charge on any atom is 0.270 e. The molecule has 1 atom stereocenters. The summed E-state index contributed by atoms with van der Waals surface area (Å²) in [5.41, 5.74) is -0.746. The number of carbonyl (C=O) groups is 1. The molecule has 1 unspecified atom stereocenters. The quantitative estimate of drug-likeness (QED) is 0.650. The highest BCUT2D eigenvalue weighted by atomic mass is 16.6. The Balaban J connectivity index is 2.12. The number of benzene rings is 1. The molecule has 122 valence electrons. The molecule has 1 amide bonds. The normalized spacial score (nSPS) is 13.4. The molecule has 0 aliphatic rings. The van der Waals surface area contributed by atoms with Crippen molar-refractivity contribution < 1.29 is 19.2 Å². The fourth-order valence-corrected chi connectivity index (χ4v) is 2.16. The maximum atomic E-state index is 12.2. The van der Waals surface area contributed by atoms with Crippen LogP contribution in [0.1, 0.15) is 34.4 Å². The number of hydrogen-bond donors (Lipinski definition) is 2. The Kier molecular flexibility index (Phi) is 4.51. The molecule has 0 aliphatic heterocycles. The first-order valence-corrected chi connectivity index (χ1v) is 7.02. The number of amides is 1. The van der Waals surface area contributed by atoms with Gasteiger partial charge in [0.15, 0.2) is 0 Å². The summed E-state index contributed by atoms with van der Waals surface area (Å²) >= 11 is 0. The third-order valence-electron chi connectivity index (χ3n) is 3.40. The van der Waals surface area contributed by atoms with Crippen LogP contribution in [0.5, 0.6) is 0 Å². The third-order valence-corrected chi connectivity index (χ3v) is 3.40. The van der Waals surface area contributed by atoms with Gasteiger partial charge in [0.25, 0.3) is 11.6 Å². The summed E-state index contributed by atoms with van der Waals surface area (Å²) in [6.45, 7) is 4.86. The summed E-state index contributed by atoms with van der Waals surface area (Å²) in [6.07, 6.45) is 0. The number of nitrogens with one attached hydrogen (secondary N) is 1. The van der Waals surface area contributed by atoms with E-state index in [1.54, 1.807) is 32.0 Å². The Bertz CT molecular complexity index is 749. The molecule has 0 aliphatic carbocycles. The molecule has 0 saturated carbocycles. The zero-order valence-electron chi connectivity index (χ0n) is 13.1. The smallest absolute Gasteiger partial charge is 0.270 e. The first kappa shape index (κ1) is 16.7. The van der Waals surface area contributed by atoms with E-state index in [0.29, 0.717) is 17.1 Å². The lowest BCUT2D eigenvalue weighted by atomic mass is 10.0. The molecule has 0 spiro atoms. The SMILES string of the molecule is Cc1cc(C(=O)NCC(C)(O)c2ccc(C)o2)cc([N+](=O)[O-])c1. The number of nitro benzene ring substituents is 1. The summed E-state index contributed by atoms with van der Waals surface area (Å²) in [5, 5.41) is 23.8. The minimum absolute atomic E-state index is 0.0828. The molecule has 0 radical (unpaired) electrons. The van der Waals surface area contributed by atoms with Gasteiger partial charge in [0.05, 0.1) is 11.5 Å². The minimum atomic E-state index is -1.38. The highest BCUT2D eigenvalue weighted by Crippen LogP contribution is 2.22. The second kappa shape index (κ2) is 6.21. The predicted octanol–water partition coefficient (Wildman–Crippen LogP) is 2.44. The van der Waals surface area contributed by atoms with Gasteiger partial charge in [0.1, 0.15) is 17.1 Å². The summed E-state index contributed by atoms with van der Waals surface area (Å²) in [4.78, 5) is 22.5. The Hall–Kier alpha value is -2.67. The first-order valence-electron chi connectivity index (χ1n) is 7.02. The zero-order chi connectivity index (χ0) is 17.2. The van der Waals surface area contributed by atoms with Crippen LogP contribution in [-0.4, -0.2) is 22.5 Å². The topological polar surface area (TPSA) is 106 Å². The Morgan fingerprint density at radius 3 is 2.61 bits per heavy atom. The fourth-order valence-electron chi connectivity index (χ4n) is 2.16. The fraction of sp³-hybridized carbons (Fsp3) is 0.312. The van der Waals surface area contributed by atoms with E-state index in [4.69, 9.17) is 4.42 Å². The van der Waals surface area contributed by atoms with Crippen LogP contribution in [0.3, 0.4) is 0 Å². The van der Waals surface area contributed by atoms with Crippen molar-refractivity contribution >= 4 is 11.6 Å². The van der Waals surface area contributed by atoms with Crippen LogP contribution in [0.25, 0.3) is 0 Å². The van der Waals surface area contributed by atoms with Crippen molar-refractivity contribution in [1.29, 1.82) is 0 Å². The molecule has 7 nitrogen and oxygen atoms in total. The number of aliphatic hydroxyl groups is 1. The molecule has 2 N–H and O–H groups in total. The largest absolute Gasteiger partial charge is 0.463 e. The molecule has 0 saturated heterocycles. The highest BCUT2D eigenvalue weighted by Gasteiger charge is 2.27. The van der Waals surface area contributed by atoms with E-state index in [1.165, 1.54) is 19.1 Å². The van der Waals surface area contributed by atoms with Gasteiger partial charge in [-0.3, -0.25) is 14.9 Å². The molecule has 2 rings (SSSR count). The van der Waals surface area contributed by atoms with E-state index in [1.807, 2.05) is 0 Å². The van der Waals surface area contributed by atoms with Crippen molar-refractivity contribution in [2.75, 3.05) is 6.54 Å². The van der Waals surface area contributed by atoms with Gasteiger partial charge in [0, 0.05) is 17.7 Å². The second-order valence-corrected chi connectivity index (χ2v) is 5.68. The van der Waals surface area contributed by atoms with Gasteiger partial charge in [-0.05, 0) is 44.5 Å². The summed E-state index contributed by atoms with van der Waals surface area (Å²) in [6, 6.07) is 7.50. The van der Waals surface area contributed by atoms with Crippen molar-refractivity contribution in [2.45, 2.75) is 26.4 Å². The van der Waals surface area contributed by atoms with Gasteiger partial charge in [-0.25, -0.2) is 0 Å². The maximum absolute atomic E-state index is 12.2. The van der Waals surface area contributed by atoms with Gasteiger partial charge >= 0.3 is 0 Å². The van der Waals surface area contributed by atoms with Crippen LogP contribution in [-0.2, 0) is 5.60 Å². The van der Waals surface area contributed by atoms with Crippen LogP contribution in [0.15, 0.2) is 34.7 Å². The Morgan fingerprint density at radius 2 is 2.04 bits per heavy atom. The predicted molar refractivity (Wildman–Crippen MR) is 83.2 cm³/mol. The summed E-state index contributed by atoms with van der Waals surface area (Å²) in [7, 11) is 0. The van der Waals surface area contributed by atoms with Crippen molar-refractivity contribution in [3.8, 4) is 0 Å². The van der Waals surface area contributed by atoms with Gasteiger partial charge in [-0.2, -0.15) is 0 Å². The van der Waals surface area contributed by atoms with E-state index >= 15 is 0 Å². The molecule has 7 heteroatoms. The van der Waals surface area contributed by atoms with Crippen molar-refractivity contribution in [1.82, 2.24) is 5.32 Å². The van der Waals surface area contributed by atoms with E-state index < -0.39 is 16.4 Å². The minimum Gasteiger partial charge on any atom is -0.463 e. The highest BCUT2D eigenvalue weighted by molar-refractivity contribution is 5.95. The number of furan rings is 1. The molecule has 1 aromatic heterocycles. The Morgan fingerprint density at radius 1 is 1.35 bits per heavy atom. The standard InChI is InChI=1S/C16H18N2O5/c1-10-6-12(8-13(7-10)18(21)22)15(19)17-9-16(3,20)14-5-4-11(2)23-14/h4-8,20H,9H2,1-3H3,(H,17,19). The molecule has 1 heterocycles. The first-order chi connectivity index (χ1) is 10.7. The van der Waals surface area contributed by atoms with E-state index in [9.17, 15) is 20.0 Å². The number of hydrogen-bond acceptors (Lipinski definition) is 5. The molecule has 0 bridgehead atoms. The molecular formula is C16H18N2O5. The monoisotopic (exact) mass is 318 g/mol. The number of aryl methyl sites for hydroxylation is 2. The average Bonchev–Trinajstić information content (AvgIpc) is 2.91. The molecule has 0 fully saturated rings. The number of nitrogens with zero attached hydrogens (tertiary/aromatic N) is 1. The number of rotatable bonds is 5. The van der Waals surface area contributed by atoms with Gasteiger partial charge in [0.2, 0.25) is 0 Å². The van der Waals surface area contributed by atoms with Crippen molar-refractivity contribution in [3.63, 3.8) is 0 Å². The van der Waals surface area contributed by atoms with Gasteiger partial charge < -0.3 is 14.8 Å². The average molecular weight is 318 g/mol. The molecule has 23 heavy (non-hydrogen) atoms. The number of non-ortho nitro benzene ring substituents is 1. The third kappa shape index (κ3) is 3.95.